The van der Waals surface area contributed by atoms with E-state index >= 15 is 0 Å². The molecule has 0 amide bonds. The van der Waals surface area contributed by atoms with Crippen LogP contribution in [0.5, 0.6) is 0 Å². The van der Waals surface area contributed by atoms with Gasteiger partial charge >= 0.3 is 0 Å². The molecular formula is C23H28N6OS. The largest absolute Gasteiger partial charge is 0.361 e. The Morgan fingerprint density at radius 2 is 2.00 bits per heavy atom. The number of thiazole rings is 1. The SMILES string of the molecule is Cc1cnc(C(=O)C[C@H](CNc2nc(CN3CCNCC3)cs2)c2ccccc2)cn1. The number of anilines is 1. The predicted octanol–water partition coefficient (Wildman–Crippen LogP) is 3.12. The van der Waals surface area contributed by atoms with Gasteiger partial charge in [0.05, 0.1) is 17.6 Å². The monoisotopic (exact) mass is 436 g/mol. The highest BCUT2D eigenvalue weighted by molar-refractivity contribution is 7.13. The van der Waals surface area contributed by atoms with Crippen LogP contribution in [0.25, 0.3) is 0 Å². The topological polar surface area (TPSA) is 83.0 Å². The molecule has 1 aliphatic heterocycles. The molecule has 0 spiro atoms. The summed E-state index contributed by atoms with van der Waals surface area (Å²) in [4.78, 5) is 28.5. The molecule has 1 saturated heterocycles. The van der Waals surface area contributed by atoms with E-state index in [2.05, 4.69) is 43.0 Å². The first-order chi connectivity index (χ1) is 15.2. The lowest BCUT2D eigenvalue weighted by atomic mass is 9.93. The minimum Gasteiger partial charge on any atom is -0.361 e. The predicted molar refractivity (Wildman–Crippen MR) is 124 cm³/mol. The number of aromatic nitrogens is 3. The van der Waals surface area contributed by atoms with Crippen LogP contribution in [0.1, 0.15) is 39.8 Å². The Labute approximate surface area is 187 Å². The van der Waals surface area contributed by atoms with E-state index in [-0.39, 0.29) is 11.7 Å². The molecule has 2 aromatic heterocycles. The molecule has 0 saturated carbocycles. The third-order valence-electron chi connectivity index (χ3n) is 5.42. The standard InChI is InChI=1S/C23H28N6OS/c1-17-12-26-21(14-25-17)22(30)11-19(18-5-3-2-4-6-18)13-27-23-28-20(16-31-23)15-29-9-7-24-8-10-29/h2-6,12,14,16,19,24H,7-11,13,15H2,1H3,(H,27,28)/t19-/m1/s1. The number of nitrogens with one attached hydrogen (secondary N) is 2. The molecule has 3 heterocycles. The van der Waals surface area contributed by atoms with Gasteiger partial charge < -0.3 is 10.6 Å². The van der Waals surface area contributed by atoms with Gasteiger partial charge in [0, 0.05) is 63.2 Å². The van der Waals surface area contributed by atoms with Crippen LogP contribution in [0.2, 0.25) is 0 Å². The van der Waals surface area contributed by atoms with Gasteiger partial charge in [0.15, 0.2) is 10.9 Å². The van der Waals surface area contributed by atoms with E-state index in [1.54, 1.807) is 23.7 Å². The lowest BCUT2D eigenvalue weighted by Crippen LogP contribution is -2.42. The zero-order chi connectivity index (χ0) is 21.5. The van der Waals surface area contributed by atoms with Gasteiger partial charge in [0.1, 0.15) is 5.69 Å². The average molecular weight is 437 g/mol. The number of carbonyl (C=O) groups is 1. The van der Waals surface area contributed by atoms with Crippen LogP contribution in [0.4, 0.5) is 5.13 Å². The summed E-state index contributed by atoms with van der Waals surface area (Å²) in [7, 11) is 0. The Hall–Kier alpha value is -2.68. The summed E-state index contributed by atoms with van der Waals surface area (Å²) in [5.41, 5.74) is 3.44. The third-order valence-corrected chi connectivity index (χ3v) is 6.26. The Morgan fingerprint density at radius 1 is 1.19 bits per heavy atom. The molecule has 0 radical (unpaired) electrons. The van der Waals surface area contributed by atoms with Crippen LogP contribution in [0.15, 0.2) is 48.1 Å². The lowest BCUT2D eigenvalue weighted by Gasteiger charge is -2.26. The molecule has 0 bridgehead atoms. The van der Waals surface area contributed by atoms with Crippen molar-refractivity contribution in [3.8, 4) is 0 Å². The normalized spacial score (nSPS) is 15.5. The van der Waals surface area contributed by atoms with Gasteiger partial charge in [-0.3, -0.25) is 14.7 Å². The molecule has 3 aromatic rings. The van der Waals surface area contributed by atoms with E-state index < -0.39 is 0 Å². The number of Topliss-reactive ketones (excluding diaryl/α,β-unsaturated/α-hetero) is 1. The number of piperazine rings is 1. The first-order valence-electron chi connectivity index (χ1n) is 10.7. The second kappa shape index (κ2) is 10.6. The number of ketones is 1. The van der Waals surface area contributed by atoms with Gasteiger partial charge in [-0.15, -0.1) is 11.3 Å². The highest BCUT2D eigenvalue weighted by Gasteiger charge is 2.19. The van der Waals surface area contributed by atoms with Crippen molar-refractivity contribution >= 4 is 22.3 Å². The van der Waals surface area contributed by atoms with Crippen molar-refractivity contribution in [3.63, 3.8) is 0 Å². The van der Waals surface area contributed by atoms with Crippen LogP contribution >= 0.6 is 11.3 Å². The van der Waals surface area contributed by atoms with Gasteiger partial charge in [-0.05, 0) is 12.5 Å². The van der Waals surface area contributed by atoms with E-state index in [4.69, 9.17) is 4.98 Å². The molecule has 7 nitrogen and oxygen atoms in total. The maximum atomic E-state index is 12.8. The Balaban J connectivity index is 1.39. The molecule has 31 heavy (non-hydrogen) atoms. The van der Waals surface area contributed by atoms with Crippen molar-refractivity contribution in [2.45, 2.75) is 25.8 Å². The molecule has 4 rings (SSSR count). The van der Waals surface area contributed by atoms with Crippen molar-refractivity contribution in [1.29, 1.82) is 0 Å². The molecule has 1 fully saturated rings. The molecule has 162 valence electrons. The number of aryl methyl sites for hydroxylation is 1. The zero-order valence-corrected chi connectivity index (χ0v) is 18.6. The average Bonchev–Trinajstić information content (AvgIpc) is 3.25. The summed E-state index contributed by atoms with van der Waals surface area (Å²) in [6.07, 6.45) is 3.57. The van der Waals surface area contributed by atoms with E-state index in [1.807, 2.05) is 25.1 Å². The molecule has 0 aliphatic carbocycles. The van der Waals surface area contributed by atoms with Crippen molar-refractivity contribution in [3.05, 3.63) is 70.8 Å². The number of nitrogens with zero attached hydrogens (tertiary/aromatic N) is 4. The van der Waals surface area contributed by atoms with Gasteiger partial charge in [-0.2, -0.15) is 0 Å². The third kappa shape index (κ3) is 6.16. The highest BCUT2D eigenvalue weighted by Crippen LogP contribution is 2.24. The van der Waals surface area contributed by atoms with Crippen molar-refractivity contribution in [1.82, 2.24) is 25.2 Å². The van der Waals surface area contributed by atoms with E-state index in [9.17, 15) is 4.79 Å². The van der Waals surface area contributed by atoms with Gasteiger partial charge in [0.25, 0.3) is 0 Å². The molecular weight excluding hydrogens is 408 g/mol. The number of rotatable bonds is 9. The van der Waals surface area contributed by atoms with Crippen molar-refractivity contribution < 1.29 is 4.79 Å². The Kier molecular flexibility index (Phi) is 7.35. The fraction of sp³-hybridized carbons (Fsp3) is 0.391. The first-order valence-corrected chi connectivity index (χ1v) is 11.5. The van der Waals surface area contributed by atoms with E-state index in [0.29, 0.717) is 18.7 Å². The maximum Gasteiger partial charge on any atom is 0.183 e. The summed E-state index contributed by atoms with van der Waals surface area (Å²) >= 11 is 1.62. The molecule has 0 unspecified atom stereocenters. The molecule has 1 aromatic carbocycles. The Bertz CT molecular complexity index is 969. The van der Waals surface area contributed by atoms with E-state index in [0.717, 1.165) is 54.8 Å². The second-order valence-electron chi connectivity index (χ2n) is 7.83. The molecule has 1 aliphatic rings. The zero-order valence-electron chi connectivity index (χ0n) is 17.8. The molecule has 2 N–H and O–H groups in total. The second-order valence-corrected chi connectivity index (χ2v) is 8.69. The smallest absolute Gasteiger partial charge is 0.183 e. The number of carbonyl (C=O) groups excluding carboxylic acids is 1. The summed E-state index contributed by atoms with van der Waals surface area (Å²) in [5, 5.41) is 9.85. The summed E-state index contributed by atoms with van der Waals surface area (Å²) in [6, 6.07) is 10.1. The summed E-state index contributed by atoms with van der Waals surface area (Å²) in [5.74, 6) is 0.0269. The van der Waals surface area contributed by atoms with Crippen LogP contribution < -0.4 is 10.6 Å². The highest BCUT2D eigenvalue weighted by atomic mass is 32.1. The number of benzene rings is 1. The fourth-order valence-corrected chi connectivity index (χ4v) is 4.38. The quantitative estimate of drug-likeness (QED) is 0.499. The number of hydrogen-bond donors (Lipinski definition) is 2. The van der Waals surface area contributed by atoms with Gasteiger partial charge in [-0.1, -0.05) is 30.3 Å². The van der Waals surface area contributed by atoms with Crippen LogP contribution in [-0.4, -0.2) is 58.4 Å². The lowest BCUT2D eigenvalue weighted by molar-refractivity contribution is 0.0969. The van der Waals surface area contributed by atoms with Crippen molar-refractivity contribution in [2.75, 3.05) is 38.0 Å². The first kappa shape index (κ1) is 21.5. The minimum atomic E-state index is 0.00156. The molecule has 8 heteroatoms. The van der Waals surface area contributed by atoms with Crippen LogP contribution in [0, 0.1) is 6.92 Å². The van der Waals surface area contributed by atoms with Crippen LogP contribution in [0.3, 0.4) is 0 Å². The van der Waals surface area contributed by atoms with Gasteiger partial charge in [0.2, 0.25) is 0 Å². The maximum absolute atomic E-state index is 12.8. The van der Waals surface area contributed by atoms with Crippen molar-refractivity contribution in [2.24, 2.45) is 0 Å². The Morgan fingerprint density at radius 3 is 2.74 bits per heavy atom. The van der Waals surface area contributed by atoms with E-state index in [1.165, 1.54) is 0 Å². The fourth-order valence-electron chi connectivity index (χ4n) is 3.67. The minimum absolute atomic E-state index is 0.00156. The van der Waals surface area contributed by atoms with Gasteiger partial charge in [-0.25, -0.2) is 9.97 Å². The summed E-state index contributed by atoms with van der Waals surface area (Å²) in [6.45, 7) is 7.56. The number of hydrogen-bond acceptors (Lipinski definition) is 8. The van der Waals surface area contributed by atoms with Crippen LogP contribution in [-0.2, 0) is 6.54 Å². The summed E-state index contributed by atoms with van der Waals surface area (Å²) < 4.78 is 0. The molecule has 1 atom stereocenters.